The van der Waals surface area contributed by atoms with Gasteiger partial charge in [0.1, 0.15) is 0 Å². The third kappa shape index (κ3) is 3.90. The summed E-state index contributed by atoms with van der Waals surface area (Å²) in [6.07, 6.45) is 7.19. The molecule has 4 aromatic rings. The highest BCUT2D eigenvalue weighted by atomic mass is 16.5. The molecule has 0 unspecified atom stereocenters. The van der Waals surface area contributed by atoms with Crippen molar-refractivity contribution in [3.63, 3.8) is 0 Å². The Morgan fingerprint density at radius 1 is 0.969 bits per heavy atom. The van der Waals surface area contributed by atoms with E-state index in [9.17, 15) is 4.79 Å². The van der Waals surface area contributed by atoms with Crippen LogP contribution in [0.3, 0.4) is 0 Å². The minimum absolute atomic E-state index is 0.0488. The predicted molar refractivity (Wildman–Crippen MR) is 117 cm³/mol. The zero-order chi connectivity index (χ0) is 21.9. The predicted octanol–water partition coefficient (Wildman–Crippen LogP) is 2.24. The van der Waals surface area contributed by atoms with Crippen molar-refractivity contribution in [2.75, 3.05) is 19.8 Å². The van der Waals surface area contributed by atoms with Crippen LogP contribution in [0.5, 0.6) is 0 Å². The monoisotopic (exact) mass is 429 g/mol. The van der Waals surface area contributed by atoms with Crippen molar-refractivity contribution in [2.45, 2.75) is 19.4 Å². The van der Waals surface area contributed by atoms with Crippen LogP contribution in [-0.2, 0) is 11.2 Å². The Hall–Kier alpha value is -3.85. The van der Waals surface area contributed by atoms with Gasteiger partial charge in [-0.1, -0.05) is 24.3 Å². The summed E-state index contributed by atoms with van der Waals surface area (Å²) in [6.45, 7) is 3.56. The lowest BCUT2D eigenvalue weighted by molar-refractivity contribution is -0.00165. The number of ether oxygens (including phenoxy) is 1. The first-order valence-corrected chi connectivity index (χ1v) is 10.5. The van der Waals surface area contributed by atoms with Crippen LogP contribution in [0.15, 0.2) is 67.3 Å². The van der Waals surface area contributed by atoms with E-state index in [0.717, 1.165) is 16.8 Å². The first-order chi connectivity index (χ1) is 15.7. The highest BCUT2D eigenvalue weighted by Gasteiger charge is 2.30. The molecule has 0 radical (unpaired) electrons. The number of carbonyl (C=O) groups excluding carboxylic acids is 1. The maximum absolute atomic E-state index is 13.6. The SMILES string of the molecule is Cc1ccc(C[C@@H]2COCCN2C(=O)c2ccccc2-n2nccn2)cc1-n1nccn1. The maximum Gasteiger partial charge on any atom is 0.256 e. The molecule has 0 spiro atoms. The molecule has 1 fully saturated rings. The van der Waals surface area contributed by atoms with Crippen LogP contribution in [-0.4, -0.2) is 66.6 Å². The lowest BCUT2D eigenvalue weighted by atomic mass is 10.0. The van der Waals surface area contributed by atoms with Crippen LogP contribution in [0.4, 0.5) is 0 Å². The lowest BCUT2D eigenvalue weighted by Crippen LogP contribution is -2.50. The molecule has 0 aliphatic carbocycles. The van der Waals surface area contributed by atoms with Gasteiger partial charge in [0.05, 0.1) is 61.0 Å². The molecule has 1 atom stereocenters. The van der Waals surface area contributed by atoms with E-state index in [2.05, 4.69) is 38.6 Å². The maximum atomic E-state index is 13.6. The van der Waals surface area contributed by atoms with E-state index in [-0.39, 0.29) is 11.9 Å². The fraction of sp³-hybridized carbons (Fsp3) is 0.261. The molecule has 1 aliphatic heterocycles. The van der Waals surface area contributed by atoms with E-state index < -0.39 is 0 Å². The number of aryl methyl sites for hydroxylation is 1. The molecular formula is C23H23N7O2. The highest BCUT2D eigenvalue weighted by Crippen LogP contribution is 2.22. The van der Waals surface area contributed by atoms with Gasteiger partial charge in [0.25, 0.3) is 5.91 Å². The zero-order valence-corrected chi connectivity index (χ0v) is 17.7. The van der Waals surface area contributed by atoms with Crippen molar-refractivity contribution in [3.8, 4) is 11.4 Å². The Bertz CT molecular complexity index is 1210. The van der Waals surface area contributed by atoms with Crippen molar-refractivity contribution >= 4 is 5.91 Å². The van der Waals surface area contributed by atoms with Gasteiger partial charge < -0.3 is 9.64 Å². The van der Waals surface area contributed by atoms with Gasteiger partial charge in [-0.05, 0) is 42.7 Å². The minimum atomic E-state index is -0.0870. The number of hydrogen-bond donors (Lipinski definition) is 0. The van der Waals surface area contributed by atoms with Gasteiger partial charge in [-0.15, -0.1) is 0 Å². The number of carbonyl (C=O) groups is 1. The van der Waals surface area contributed by atoms with Crippen molar-refractivity contribution in [3.05, 3.63) is 83.9 Å². The molecule has 9 nitrogen and oxygen atoms in total. The number of amides is 1. The lowest BCUT2D eigenvalue weighted by Gasteiger charge is -2.36. The summed E-state index contributed by atoms with van der Waals surface area (Å²) in [7, 11) is 0. The summed E-state index contributed by atoms with van der Waals surface area (Å²) in [4.78, 5) is 18.6. The van der Waals surface area contributed by atoms with Crippen molar-refractivity contribution in [1.29, 1.82) is 0 Å². The average Bonchev–Trinajstić information content (AvgIpc) is 3.55. The molecule has 162 valence electrons. The standard InChI is InChI=1S/C23H23N7O2/c1-17-6-7-18(15-22(17)30-26-10-11-27-30)14-19-16-32-13-12-28(19)23(31)20-4-2-3-5-21(20)29-24-8-9-25-29/h2-11,15,19H,12-14,16H2,1H3/t19-/m1/s1. The molecule has 3 heterocycles. The van der Waals surface area contributed by atoms with Crippen molar-refractivity contribution in [1.82, 2.24) is 34.9 Å². The van der Waals surface area contributed by atoms with Crippen LogP contribution in [0.2, 0.25) is 0 Å². The fourth-order valence-corrected chi connectivity index (χ4v) is 4.02. The van der Waals surface area contributed by atoms with Gasteiger partial charge in [0.2, 0.25) is 0 Å². The van der Waals surface area contributed by atoms with Crippen LogP contribution < -0.4 is 0 Å². The number of hydrogen-bond acceptors (Lipinski definition) is 6. The summed E-state index contributed by atoms with van der Waals surface area (Å²) in [5.74, 6) is -0.0488. The Balaban J connectivity index is 1.42. The van der Waals surface area contributed by atoms with Gasteiger partial charge >= 0.3 is 0 Å². The third-order valence-electron chi connectivity index (χ3n) is 5.64. The van der Waals surface area contributed by atoms with Crippen LogP contribution in [0.25, 0.3) is 11.4 Å². The third-order valence-corrected chi connectivity index (χ3v) is 5.64. The molecule has 32 heavy (non-hydrogen) atoms. The van der Waals surface area contributed by atoms with Gasteiger partial charge in [-0.3, -0.25) is 4.79 Å². The van der Waals surface area contributed by atoms with E-state index in [0.29, 0.717) is 37.4 Å². The van der Waals surface area contributed by atoms with Gasteiger partial charge in [0.15, 0.2) is 0 Å². The first-order valence-electron chi connectivity index (χ1n) is 10.5. The Labute approximate surface area is 185 Å². The van der Waals surface area contributed by atoms with E-state index in [4.69, 9.17) is 4.74 Å². The van der Waals surface area contributed by atoms with Gasteiger partial charge in [-0.25, -0.2) is 0 Å². The van der Waals surface area contributed by atoms with Crippen molar-refractivity contribution < 1.29 is 9.53 Å². The second-order valence-corrected chi connectivity index (χ2v) is 7.71. The van der Waals surface area contributed by atoms with Gasteiger partial charge in [0, 0.05) is 6.54 Å². The van der Waals surface area contributed by atoms with E-state index in [1.54, 1.807) is 29.6 Å². The van der Waals surface area contributed by atoms with Crippen LogP contribution in [0.1, 0.15) is 21.5 Å². The van der Waals surface area contributed by atoms with E-state index >= 15 is 0 Å². The molecule has 1 amide bonds. The number of para-hydroxylation sites is 1. The minimum Gasteiger partial charge on any atom is -0.377 e. The summed E-state index contributed by atoms with van der Waals surface area (Å²) >= 11 is 0. The molecule has 1 aliphatic rings. The topological polar surface area (TPSA) is 91.0 Å². The molecule has 0 saturated carbocycles. The number of morpholine rings is 1. The highest BCUT2D eigenvalue weighted by molar-refractivity contribution is 5.98. The molecule has 2 aromatic heterocycles. The molecule has 0 bridgehead atoms. The fourth-order valence-electron chi connectivity index (χ4n) is 4.02. The van der Waals surface area contributed by atoms with Crippen LogP contribution >= 0.6 is 0 Å². The summed E-state index contributed by atoms with van der Waals surface area (Å²) in [5, 5.41) is 16.9. The normalized spacial score (nSPS) is 16.3. The summed E-state index contributed by atoms with van der Waals surface area (Å²) < 4.78 is 5.75. The van der Waals surface area contributed by atoms with E-state index in [1.165, 1.54) is 4.80 Å². The number of nitrogens with zero attached hydrogens (tertiary/aromatic N) is 7. The molecule has 5 rings (SSSR count). The quantitative estimate of drug-likeness (QED) is 0.483. The Morgan fingerprint density at radius 2 is 1.66 bits per heavy atom. The summed E-state index contributed by atoms with van der Waals surface area (Å²) in [5.41, 5.74) is 4.34. The van der Waals surface area contributed by atoms with Crippen molar-refractivity contribution in [2.24, 2.45) is 0 Å². The Kier molecular flexibility index (Phi) is 5.47. The van der Waals surface area contributed by atoms with Crippen LogP contribution in [0, 0.1) is 6.92 Å². The Morgan fingerprint density at radius 3 is 2.41 bits per heavy atom. The molecule has 2 aromatic carbocycles. The second kappa shape index (κ2) is 8.72. The zero-order valence-electron chi connectivity index (χ0n) is 17.7. The molecule has 0 N–H and O–H groups in total. The number of benzene rings is 2. The molecule has 9 heteroatoms. The summed E-state index contributed by atoms with van der Waals surface area (Å²) in [6, 6.07) is 13.5. The second-order valence-electron chi connectivity index (χ2n) is 7.71. The first kappa shape index (κ1) is 20.1. The average molecular weight is 429 g/mol. The molecule has 1 saturated heterocycles. The molecular weight excluding hydrogens is 406 g/mol. The number of rotatable bonds is 5. The van der Waals surface area contributed by atoms with E-state index in [1.807, 2.05) is 36.1 Å². The largest absolute Gasteiger partial charge is 0.377 e. The van der Waals surface area contributed by atoms with Gasteiger partial charge in [-0.2, -0.15) is 30.0 Å². The number of aromatic nitrogens is 6. The smallest absolute Gasteiger partial charge is 0.256 e.